The smallest absolute Gasteiger partial charge is 0.311 e. The number of rotatable bonds is 6. The van der Waals surface area contributed by atoms with Crippen LogP contribution < -0.4 is 5.32 Å². The highest BCUT2D eigenvalue weighted by molar-refractivity contribution is 5.92. The molecule has 1 fully saturated rings. The lowest BCUT2D eigenvalue weighted by atomic mass is 10.1. The van der Waals surface area contributed by atoms with E-state index in [0.717, 1.165) is 0 Å². The summed E-state index contributed by atoms with van der Waals surface area (Å²) in [7, 11) is 0. The van der Waals surface area contributed by atoms with Crippen LogP contribution in [0.5, 0.6) is 0 Å². The zero-order valence-electron chi connectivity index (χ0n) is 11.1. The maximum atomic E-state index is 11.6. The molecule has 0 heterocycles. The number of hydrogen-bond donors (Lipinski definition) is 2. The maximum absolute atomic E-state index is 11.6. The number of amides is 1. The molecule has 1 saturated carbocycles. The molecule has 0 spiro atoms. The molecule has 0 radical (unpaired) electrons. The Hall–Kier alpha value is -2.70. The number of carboxylic acid groups (broad SMARTS) is 1. The summed E-state index contributed by atoms with van der Waals surface area (Å²) >= 11 is 0. The molecule has 1 aromatic carbocycles. The largest absolute Gasteiger partial charge is 0.481 e. The lowest BCUT2D eigenvalue weighted by Crippen LogP contribution is -2.33. The van der Waals surface area contributed by atoms with Gasteiger partial charge in [0.15, 0.2) is 0 Å². The first-order valence-electron chi connectivity index (χ1n) is 6.37. The summed E-state index contributed by atoms with van der Waals surface area (Å²) in [6.45, 7) is 0.117. The third kappa shape index (κ3) is 3.65. The Labute approximate surface area is 120 Å². The van der Waals surface area contributed by atoms with Gasteiger partial charge < -0.3 is 10.4 Å². The standard InChI is InChI=1S/C14H14N2O5/c17-12(15-9-14(7-8-14)13(18)19)6-3-10-1-4-11(5-2-10)16(20)21/h1-6H,7-9H2,(H,15,17)(H,18,19)/b6-3+. The van der Waals surface area contributed by atoms with E-state index in [1.165, 1.54) is 36.4 Å². The SMILES string of the molecule is O=C(/C=C/c1ccc([N+](=O)[O-])cc1)NCC1(C(=O)O)CC1. The van der Waals surface area contributed by atoms with E-state index in [1.54, 1.807) is 0 Å². The first-order valence-corrected chi connectivity index (χ1v) is 6.37. The fraction of sp³-hybridized carbons (Fsp3) is 0.286. The molecule has 1 aromatic rings. The molecule has 0 aromatic heterocycles. The highest BCUT2D eigenvalue weighted by Gasteiger charge is 2.50. The van der Waals surface area contributed by atoms with Crippen molar-refractivity contribution in [1.29, 1.82) is 0 Å². The molecule has 0 unspecified atom stereocenters. The molecule has 0 bridgehead atoms. The van der Waals surface area contributed by atoms with E-state index in [2.05, 4.69) is 5.32 Å². The fourth-order valence-electron chi connectivity index (χ4n) is 1.81. The highest BCUT2D eigenvalue weighted by Crippen LogP contribution is 2.45. The Morgan fingerprint density at radius 1 is 1.33 bits per heavy atom. The Kier molecular flexibility index (Phi) is 4.02. The van der Waals surface area contributed by atoms with E-state index in [9.17, 15) is 19.7 Å². The van der Waals surface area contributed by atoms with E-state index < -0.39 is 16.3 Å². The number of nitrogens with one attached hydrogen (secondary N) is 1. The quantitative estimate of drug-likeness (QED) is 0.469. The maximum Gasteiger partial charge on any atom is 0.311 e. The minimum Gasteiger partial charge on any atom is -0.481 e. The number of benzene rings is 1. The molecule has 7 heteroatoms. The van der Waals surface area contributed by atoms with Gasteiger partial charge in [0, 0.05) is 24.8 Å². The van der Waals surface area contributed by atoms with E-state index in [4.69, 9.17) is 5.11 Å². The van der Waals surface area contributed by atoms with Crippen molar-refractivity contribution in [2.24, 2.45) is 5.41 Å². The van der Waals surface area contributed by atoms with Crippen LogP contribution in [0.25, 0.3) is 6.08 Å². The third-order valence-electron chi connectivity index (χ3n) is 3.44. The number of nitrogens with zero attached hydrogens (tertiary/aromatic N) is 1. The number of nitro benzene ring substituents is 1. The van der Waals surface area contributed by atoms with Crippen molar-refractivity contribution in [3.8, 4) is 0 Å². The Bertz CT molecular complexity index is 602. The second-order valence-corrected chi connectivity index (χ2v) is 4.99. The van der Waals surface area contributed by atoms with Crippen LogP contribution in [0.1, 0.15) is 18.4 Å². The van der Waals surface area contributed by atoms with Gasteiger partial charge in [0.05, 0.1) is 10.3 Å². The van der Waals surface area contributed by atoms with Crippen molar-refractivity contribution in [2.45, 2.75) is 12.8 Å². The molecule has 1 aliphatic carbocycles. The molecule has 21 heavy (non-hydrogen) atoms. The first-order chi connectivity index (χ1) is 9.93. The lowest BCUT2D eigenvalue weighted by Gasteiger charge is -2.09. The Morgan fingerprint density at radius 2 is 1.95 bits per heavy atom. The molecule has 7 nitrogen and oxygen atoms in total. The molecular formula is C14H14N2O5. The molecular weight excluding hydrogens is 276 g/mol. The van der Waals surface area contributed by atoms with Gasteiger partial charge in [-0.1, -0.05) is 0 Å². The van der Waals surface area contributed by atoms with Gasteiger partial charge in [0.25, 0.3) is 5.69 Å². The average Bonchev–Trinajstić information content (AvgIpc) is 3.24. The van der Waals surface area contributed by atoms with Crippen LogP contribution in [0.15, 0.2) is 30.3 Å². The Morgan fingerprint density at radius 3 is 2.43 bits per heavy atom. The van der Waals surface area contributed by atoms with E-state index >= 15 is 0 Å². The van der Waals surface area contributed by atoms with Crippen LogP contribution in [-0.4, -0.2) is 28.5 Å². The number of hydrogen-bond acceptors (Lipinski definition) is 4. The van der Waals surface area contributed by atoms with Crippen LogP contribution in [-0.2, 0) is 9.59 Å². The van der Waals surface area contributed by atoms with Crippen molar-refractivity contribution in [1.82, 2.24) is 5.32 Å². The first kappa shape index (κ1) is 14.7. The van der Waals surface area contributed by atoms with Gasteiger partial charge in [0.2, 0.25) is 5.91 Å². The van der Waals surface area contributed by atoms with Gasteiger partial charge in [-0.2, -0.15) is 0 Å². The van der Waals surface area contributed by atoms with Crippen molar-refractivity contribution in [3.63, 3.8) is 0 Å². The van der Waals surface area contributed by atoms with Crippen LogP contribution in [0.2, 0.25) is 0 Å². The monoisotopic (exact) mass is 290 g/mol. The number of aliphatic carboxylic acids is 1. The van der Waals surface area contributed by atoms with E-state index in [-0.39, 0.29) is 18.1 Å². The van der Waals surface area contributed by atoms with Gasteiger partial charge in [-0.3, -0.25) is 19.7 Å². The second-order valence-electron chi connectivity index (χ2n) is 4.99. The second kappa shape index (κ2) is 5.74. The summed E-state index contributed by atoms with van der Waals surface area (Å²) in [6.07, 6.45) is 3.95. The molecule has 1 amide bonds. The van der Waals surface area contributed by atoms with Crippen LogP contribution in [0, 0.1) is 15.5 Å². The average molecular weight is 290 g/mol. The van der Waals surface area contributed by atoms with E-state index in [0.29, 0.717) is 18.4 Å². The fourth-order valence-corrected chi connectivity index (χ4v) is 1.81. The minimum absolute atomic E-state index is 0.0197. The summed E-state index contributed by atoms with van der Waals surface area (Å²) < 4.78 is 0. The van der Waals surface area contributed by atoms with Gasteiger partial charge >= 0.3 is 5.97 Å². The lowest BCUT2D eigenvalue weighted by molar-refractivity contribution is -0.384. The van der Waals surface area contributed by atoms with Gasteiger partial charge in [-0.15, -0.1) is 0 Å². The number of nitro groups is 1. The summed E-state index contributed by atoms with van der Waals surface area (Å²) in [5, 5.41) is 22.0. The number of carboxylic acids is 1. The van der Waals surface area contributed by atoms with Gasteiger partial charge in [0.1, 0.15) is 0 Å². The van der Waals surface area contributed by atoms with Gasteiger partial charge in [-0.05, 0) is 36.6 Å². The van der Waals surface area contributed by atoms with Crippen molar-refractivity contribution >= 4 is 23.6 Å². The molecule has 2 rings (SSSR count). The summed E-state index contributed by atoms with van der Waals surface area (Å²) in [6, 6.07) is 5.76. The zero-order valence-corrected chi connectivity index (χ0v) is 11.1. The molecule has 0 aliphatic heterocycles. The van der Waals surface area contributed by atoms with Crippen LogP contribution >= 0.6 is 0 Å². The molecule has 0 saturated heterocycles. The third-order valence-corrected chi connectivity index (χ3v) is 3.44. The van der Waals surface area contributed by atoms with Crippen LogP contribution in [0.3, 0.4) is 0 Å². The summed E-state index contributed by atoms with van der Waals surface area (Å²) in [5.41, 5.74) is -0.166. The number of non-ortho nitro benzene ring substituents is 1. The molecule has 2 N–H and O–H groups in total. The Balaban J connectivity index is 1.87. The number of carbonyl (C=O) groups excluding carboxylic acids is 1. The van der Waals surface area contributed by atoms with Crippen molar-refractivity contribution < 1.29 is 19.6 Å². The molecule has 0 atom stereocenters. The summed E-state index contributed by atoms with van der Waals surface area (Å²) in [5.74, 6) is -1.27. The van der Waals surface area contributed by atoms with Crippen LogP contribution in [0.4, 0.5) is 5.69 Å². The van der Waals surface area contributed by atoms with E-state index in [1.807, 2.05) is 0 Å². The highest BCUT2D eigenvalue weighted by atomic mass is 16.6. The predicted octanol–water partition coefficient (Wildman–Crippen LogP) is 1.59. The van der Waals surface area contributed by atoms with Gasteiger partial charge in [-0.25, -0.2) is 0 Å². The molecule has 1 aliphatic rings. The predicted molar refractivity (Wildman–Crippen MR) is 74.4 cm³/mol. The topological polar surface area (TPSA) is 110 Å². The summed E-state index contributed by atoms with van der Waals surface area (Å²) in [4.78, 5) is 32.5. The van der Waals surface area contributed by atoms with Crippen molar-refractivity contribution in [3.05, 3.63) is 46.0 Å². The normalized spacial score (nSPS) is 15.6. The van der Waals surface area contributed by atoms with Crippen molar-refractivity contribution in [2.75, 3.05) is 6.54 Å². The minimum atomic E-state index is -0.887. The molecule has 110 valence electrons. The number of carbonyl (C=O) groups is 2. The zero-order chi connectivity index (χ0) is 15.5.